The molecule has 0 heterocycles. The van der Waals surface area contributed by atoms with Gasteiger partial charge in [0.05, 0.1) is 6.10 Å². The molecule has 0 radical (unpaired) electrons. The zero-order chi connectivity index (χ0) is 17.6. The largest absolute Gasteiger partial charge is 0.481 e. The summed E-state index contributed by atoms with van der Waals surface area (Å²) < 4.78 is 11.4. The molecule has 3 atom stereocenters. The third-order valence-electron chi connectivity index (χ3n) is 4.49. The number of benzene rings is 1. The lowest BCUT2D eigenvalue weighted by Gasteiger charge is -2.35. The van der Waals surface area contributed by atoms with Crippen LogP contribution in [0.25, 0.3) is 5.57 Å². The van der Waals surface area contributed by atoms with Gasteiger partial charge in [-0.3, -0.25) is 4.79 Å². The van der Waals surface area contributed by atoms with E-state index in [2.05, 4.69) is 0 Å². The second-order valence-electron chi connectivity index (χ2n) is 5.98. The fourth-order valence-electron chi connectivity index (χ4n) is 2.92. The fraction of sp³-hybridized carbons (Fsp3) is 0.450. The van der Waals surface area contributed by atoms with E-state index in [1.54, 1.807) is 6.08 Å². The fourth-order valence-corrected chi connectivity index (χ4v) is 2.92. The normalized spacial score (nSPS) is 22.7. The zero-order valence-electron chi connectivity index (χ0n) is 14.6. The van der Waals surface area contributed by atoms with Gasteiger partial charge in [-0.2, -0.15) is 0 Å². The Morgan fingerprint density at radius 1 is 1.29 bits per heavy atom. The number of carboxylic acid groups (broad SMARTS) is 1. The number of allylic oxidation sites excluding steroid dienone is 3. The van der Waals surface area contributed by atoms with Gasteiger partial charge < -0.3 is 14.6 Å². The Labute approximate surface area is 143 Å². The minimum atomic E-state index is -1.07. The summed E-state index contributed by atoms with van der Waals surface area (Å²) in [5.41, 5.74) is 1.06. The van der Waals surface area contributed by atoms with Crippen LogP contribution in [-0.2, 0) is 14.3 Å². The van der Waals surface area contributed by atoms with E-state index in [0.29, 0.717) is 19.4 Å². The van der Waals surface area contributed by atoms with E-state index in [-0.39, 0.29) is 6.29 Å². The molecule has 1 aromatic rings. The zero-order valence-corrected chi connectivity index (χ0v) is 14.6. The van der Waals surface area contributed by atoms with Crippen molar-refractivity contribution in [1.82, 2.24) is 0 Å². The van der Waals surface area contributed by atoms with Crippen LogP contribution in [0.5, 0.6) is 0 Å². The lowest BCUT2D eigenvalue weighted by atomic mass is 9.75. The maximum atomic E-state index is 12.0. The van der Waals surface area contributed by atoms with Gasteiger partial charge in [-0.15, -0.1) is 0 Å². The first kappa shape index (κ1) is 18.4. The summed E-state index contributed by atoms with van der Waals surface area (Å²) >= 11 is 0. The van der Waals surface area contributed by atoms with Crippen molar-refractivity contribution in [3.8, 4) is 0 Å². The van der Waals surface area contributed by atoms with Gasteiger partial charge >= 0.3 is 5.97 Å². The van der Waals surface area contributed by atoms with E-state index in [1.165, 1.54) is 0 Å². The van der Waals surface area contributed by atoms with Gasteiger partial charge in [-0.25, -0.2) is 0 Å². The van der Waals surface area contributed by atoms with Crippen molar-refractivity contribution >= 4 is 11.5 Å². The highest BCUT2D eigenvalue weighted by molar-refractivity contribution is 5.83. The molecule has 0 bridgehead atoms. The topological polar surface area (TPSA) is 55.8 Å². The van der Waals surface area contributed by atoms with E-state index < -0.39 is 17.5 Å². The van der Waals surface area contributed by atoms with Crippen LogP contribution in [-0.4, -0.2) is 30.1 Å². The minimum Gasteiger partial charge on any atom is -0.481 e. The summed E-state index contributed by atoms with van der Waals surface area (Å²) in [6, 6.07) is 9.95. The van der Waals surface area contributed by atoms with Gasteiger partial charge in [0.15, 0.2) is 6.29 Å². The van der Waals surface area contributed by atoms with Gasteiger partial charge in [0.2, 0.25) is 0 Å². The Morgan fingerprint density at radius 2 is 2.00 bits per heavy atom. The molecule has 1 aromatic carbocycles. The molecule has 0 saturated carbocycles. The number of rotatable bonds is 8. The highest BCUT2D eigenvalue weighted by Gasteiger charge is 2.43. The lowest BCUT2D eigenvalue weighted by Crippen LogP contribution is -2.43. The Morgan fingerprint density at radius 3 is 2.50 bits per heavy atom. The summed E-state index contributed by atoms with van der Waals surface area (Å²) in [5, 5.41) is 9.83. The van der Waals surface area contributed by atoms with Crippen LogP contribution >= 0.6 is 0 Å². The van der Waals surface area contributed by atoms with Crippen LogP contribution in [0.3, 0.4) is 0 Å². The van der Waals surface area contributed by atoms with Crippen molar-refractivity contribution in [2.24, 2.45) is 5.41 Å². The van der Waals surface area contributed by atoms with Crippen molar-refractivity contribution in [1.29, 1.82) is 0 Å². The second-order valence-corrected chi connectivity index (χ2v) is 5.98. The summed E-state index contributed by atoms with van der Waals surface area (Å²) in [5.74, 6) is -0.874. The summed E-state index contributed by atoms with van der Waals surface area (Å²) in [6.07, 6.45) is 5.83. The molecule has 130 valence electrons. The van der Waals surface area contributed by atoms with E-state index in [4.69, 9.17) is 9.47 Å². The van der Waals surface area contributed by atoms with Crippen molar-refractivity contribution in [3.63, 3.8) is 0 Å². The van der Waals surface area contributed by atoms with Crippen LogP contribution < -0.4 is 0 Å². The maximum absolute atomic E-state index is 12.0. The molecule has 0 saturated heterocycles. The average molecular weight is 330 g/mol. The standard InChI is InChI=1S/C20H26O4/c1-4-18(23-5-2)24-15(3)20(19(21)22)13-11-17(12-14-20)16-9-7-6-8-10-16/h6-13,15,18H,4-5,14H2,1-3H3,(H,21,22). The van der Waals surface area contributed by atoms with Gasteiger partial charge in [0.1, 0.15) is 5.41 Å². The molecule has 4 heteroatoms. The smallest absolute Gasteiger partial charge is 0.316 e. The number of hydrogen-bond donors (Lipinski definition) is 1. The number of aliphatic carboxylic acids is 1. The maximum Gasteiger partial charge on any atom is 0.316 e. The number of carboxylic acids is 1. The Balaban J connectivity index is 2.18. The van der Waals surface area contributed by atoms with Crippen LogP contribution in [0.15, 0.2) is 48.6 Å². The highest BCUT2D eigenvalue weighted by Crippen LogP contribution is 2.38. The number of carbonyl (C=O) groups is 1. The number of ether oxygens (including phenoxy) is 2. The summed E-state index contributed by atoms with van der Waals surface area (Å²) in [4.78, 5) is 12.0. The molecule has 4 nitrogen and oxygen atoms in total. The predicted octanol–water partition coefficient (Wildman–Crippen LogP) is 4.28. The molecule has 0 fully saturated rings. The van der Waals surface area contributed by atoms with E-state index in [1.807, 2.05) is 63.3 Å². The number of hydrogen-bond acceptors (Lipinski definition) is 3. The summed E-state index contributed by atoms with van der Waals surface area (Å²) in [7, 11) is 0. The Hall–Kier alpha value is -1.91. The van der Waals surface area contributed by atoms with Crippen molar-refractivity contribution in [2.45, 2.75) is 46.0 Å². The van der Waals surface area contributed by atoms with Crippen LogP contribution in [0.2, 0.25) is 0 Å². The third-order valence-corrected chi connectivity index (χ3v) is 4.49. The molecule has 2 rings (SSSR count). The van der Waals surface area contributed by atoms with Gasteiger partial charge in [-0.1, -0.05) is 55.5 Å². The van der Waals surface area contributed by atoms with E-state index in [9.17, 15) is 9.90 Å². The van der Waals surface area contributed by atoms with Gasteiger partial charge in [0.25, 0.3) is 0 Å². The van der Waals surface area contributed by atoms with Crippen LogP contribution in [0, 0.1) is 5.41 Å². The van der Waals surface area contributed by atoms with Gasteiger partial charge in [-0.05, 0) is 37.8 Å². The highest BCUT2D eigenvalue weighted by atomic mass is 16.7. The molecule has 1 aliphatic carbocycles. The van der Waals surface area contributed by atoms with Crippen molar-refractivity contribution < 1.29 is 19.4 Å². The molecule has 3 unspecified atom stereocenters. The van der Waals surface area contributed by atoms with Crippen LogP contribution in [0.1, 0.15) is 39.2 Å². The monoisotopic (exact) mass is 330 g/mol. The molecule has 0 spiro atoms. The molecule has 24 heavy (non-hydrogen) atoms. The minimum absolute atomic E-state index is 0.380. The Kier molecular flexibility index (Phi) is 6.35. The molecule has 0 amide bonds. The molecule has 0 aliphatic heterocycles. The lowest BCUT2D eigenvalue weighted by molar-refractivity contribution is -0.194. The quantitative estimate of drug-likeness (QED) is 0.723. The average Bonchev–Trinajstić information content (AvgIpc) is 2.61. The third kappa shape index (κ3) is 3.94. The molecule has 0 aromatic heterocycles. The van der Waals surface area contributed by atoms with Gasteiger partial charge in [0, 0.05) is 6.61 Å². The summed E-state index contributed by atoms with van der Waals surface area (Å²) in [6.45, 7) is 6.21. The molecular weight excluding hydrogens is 304 g/mol. The Bertz CT molecular complexity index is 605. The van der Waals surface area contributed by atoms with Crippen molar-refractivity contribution in [3.05, 3.63) is 54.1 Å². The van der Waals surface area contributed by atoms with Crippen LogP contribution in [0.4, 0.5) is 0 Å². The molecular formula is C20H26O4. The van der Waals surface area contributed by atoms with Crippen molar-refractivity contribution in [2.75, 3.05) is 6.61 Å². The first-order valence-electron chi connectivity index (χ1n) is 8.48. The first-order chi connectivity index (χ1) is 11.5. The van der Waals surface area contributed by atoms with E-state index >= 15 is 0 Å². The molecule has 1 aliphatic rings. The predicted molar refractivity (Wildman–Crippen MR) is 94.5 cm³/mol. The SMILES string of the molecule is CCOC(CC)OC(C)C1(C(=O)O)C=CC(c2ccccc2)=CC1. The molecule has 1 N–H and O–H groups in total. The second kappa shape index (κ2) is 8.27. The first-order valence-corrected chi connectivity index (χ1v) is 8.48. The van der Waals surface area contributed by atoms with E-state index in [0.717, 1.165) is 11.1 Å².